The maximum Gasteiger partial charge on any atom is 0.166 e. The molecule has 0 saturated carbocycles. The molecule has 0 amide bonds. The van der Waals surface area contributed by atoms with Crippen LogP contribution in [0.15, 0.2) is 72.8 Å². The van der Waals surface area contributed by atoms with E-state index in [2.05, 4.69) is 45.2 Å². The highest BCUT2D eigenvalue weighted by Gasteiger charge is 2.29. The van der Waals surface area contributed by atoms with Crippen molar-refractivity contribution in [3.05, 3.63) is 95.3 Å². The monoisotopic (exact) mass is 479 g/mol. The number of Topliss-reactive ketones (excluding diaryl/α,β-unsaturated/α-hetero) is 1. The first-order valence-corrected chi connectivity index (χ1v) is 13.2. The van der Waals surface area contributed by atoms with Crippen LogP contribution >= 0.6 is 0 Å². The molecule has 2 aliphatic rings. The fourth-order valence-corrected chi connectivity index (χ4v) is 5.84. The van der Waals surface area contributed by atoms with Crippen LogP contribution in [0.5, 0.6) is 5.75 Å². The SMILES string of the molecule is O=C1c2ccc(OCc3nc4ccccc4[nH]3)cc2CCC1CCN1CCC(c2ccccc2)CC1. The number of benzene rings is 3. The molecule has 36 heavy (non-hydrogen) atoms. The standard InChI is InChI=1S/C31H33N3O2/c35-31-24(16-19-34-17-14-23(15-18-34)22-6-2-1-3-7-22)10-11-25-20-26(12-13-27(25)31)36-21-30-32-28-8-4-5-9-29(28)33-30/h1-9,12-13,20,23-24H,10-11,14-19,21H2,(H,32,33). The van der Waals surface area contributed by atoms with Gasteiger partial charge in [-0.05, 0) is 99.1 Å². The van der Waals surface area contributed by atoms with Crippen molar-refractivity contribution in [2.24, 2.45) is 5.92 Å². The van der Waals surface area contributed by atoms with Gasteiger partial charge in [0.25, 0.3) is 0 Å². The van der Waals surface area contributed by atoms with Crippen LogP contribution in [0.3, 0.4) is 0 Å². The molecule has 1 N–H and O–H groups in total. The molecule has 0 radical (unpaired) electrons. The number of fused-ring (bicyclic) bond motifs is 2. The average molecular weight is 480 g/mol. The Balaban J connectivity index is 1.01. The number of hydrogen-bond acceptors (Lipinski definition) is 4. The number of aryl methyl sites for hydroxylation is 1. The summed E-state index contributed by atoms with van der Waals surface area (Å²) in [5.74, 6) is 2.71. The van der Waals surface area contributed by atoms with E-state index in [-0.39, 0.29) is 5.92 Å². The molecule has 184 valence electrons. The second kappa shape index (κ2) is 10.3. The van der Waals surface area contributed by atoms with Gasteiger partial charge in [-0.1, -0.05) is 42.5 Å². The highest BCUT2D eigenvalue weighted by Crippen LogP contribution is 2.32. The van der Waals surface area contributed by atoms with E-state index in [4.69, 9.17) is 4.74 Å². The van der Waals surface area contributed by atoms with Crippen LogP contribution in [0.4, 0.5) is 0 Å². The largest absolute Gasteiger partial charge is 0.486 e. The Labute approximate surface area is 212 Å². The van der Waals surface area contributed by atoms with Gasteiger partial charge in [0.1, 0.15) is 18.2 Å². The van der Waals surface area contributed by atoms with E-state index in [1.54, 1.807) is 0 Å². The minimum absolute atomic E-state index is 0.131. The van der Waals surface area contributed by atoms with Gasteiger partial charge in [-0.2, -0.15) is 0 Å². The summed E-state index contributed by atoms with van der Waals surface area (Å²) in [6.45, 7) is 3.66. The number of nitrogens with one attached hydrogen (secondary N) is 1. The normalized spacial score (nSPS) is 18.9. The number of aromatic amines is 1. The molecule has 5 heteroatoms. The van der Waals surface area contributed by atoms with Crippen molar-refractivity contribution in [2.45, 2.75) is 44.6 Å². The van der Waals surface area contributed by atoms with Crippen molar-refractivity contribution in [1.82, 2.24) is 14.9 Å². The molecule has 2 heterocycles. The molecule has 5 nitrogen and oxygen atoms in total. The molecule has 1 fully saturated rings. The van der Waals surface area contributed by atoms with Gasteiger partial charge in [0.15, 0.2) is 5.78 Å². The molecule has 1 aliphatic heterocycles. The number of ether oxygens (including phenoxy) is 1. The summed E-state index contributed by atoms with van der Waals surface area (Å²) in [6.07, 6.45) is 5.24. The Morgan fingerprint density at radius 3 is 2.58 bits per heavy atom. The molecule has 1 aliphatic carbocycles. The highest BCUT2D eigenvalue weighted by atomic mass is 16.5. The molecule has 0 spiro atoms. The smallest absolute Gasteiger partial charge is 0.166 e. The zero-order valence-corrected chi connectivity index (χ0v) is 20.7. The minimum Gasteiger partial charge on any atom is -0.486 e. The summed E-state index contributed by atoms with van der Waals surface area (Å²) in [5, 5.41) is 0. The Morgan fingerprint density at radius 1 is 0.944 bits per heavy atom. The van der Waals surface area contributed by atoms with Gasteiger partial charge in [-0.25, -0.2) is 4.98 Å². The number of carbonyl (C=O) groups excluding carboxylic acids is 1. The van der Waals surface area contributed by atoms with Gasteiger partial charge < -0.3 is 14.6 Å². The Morgan fingerprint density at radius 2 is 1.75 bits per heavy atom. The summed E-state index contributed by atoms with van der Waals surface area (Å²) >= 11 is 0. The van der Waals surface area contributed by atoms with Crippen molar-refractivity contribution in [2.75, 3.05) is 19.6 Å². The van der Waals surface area contributed by atoms with Gasteiger partial charge in [0.2, 0.25) is 0 Å². The average Bonchev–Trinajstić information content (AvgIpc) is 3.35. The first-order valence-electron chi connectivity index (χ1n) is 13.2. The lowest BCUT2D eigenvalue weighted by molar-refractivity contribution is 0.0877. The number of ketones is 1. The van der Waals surface area contributed by atoms with E-state index >= 15 is 0 Å². The second-order valence-corrected chi connectivity index (χ2v) is 10.2. The van der Waals surface area contributed by atoms with Crippen LogP contribution in [0.2, 0.25) is 0 Å². The molecule has 1 unspecified atom stereocenters. The summed E-state index contributed by atoms with van der Waals surface area (Å²) in [6, 6.07) is 24.8. The fraction of sp³-hybridized carbons (Fsp3) is 0.355. The predicted molar refractivity (Wildman–Crippen MR) is 142 cm³/mol. The van der Waals surface area contributed by atoms with Gasteiger partial charge >= 0.3 is 0 Å². The van der Waals surface area contributed by atoms with E-state index in [0.29, 0.717) is 18.3 Å². The lowest BCUT2D eigenvalue weighted by atomic mass is 9.80. The maximum absolute atomic E-state index is 13.2. The van der Waals surface area contributed by atoms with E-state index < -0.39 is 0 Å². The zero-order valence-electron chi connectivity index (χ0n) is 20.7. The maximum atomic E-state index is 13.2. The number of imidazole rings is 1. The summed E-state index contributed by atoms with van der Waals surface area (Å²) in [5.41, 5.74) is 5.42. The third-order valence-corrected chi connectivity index (χ3v) is 7.94. The van der Waals surface area contributed by atoms with Crippen LogP contribution in [-0.2, 0) is 13.0 Å². The molecule has 3 aromatic carbocycles. The van der Waals surface area contributed by atoms with Crippen molar-refractivity contribution in [1.29, 1.82) is 0 Å². The molecule has 6 rings (SSSR count). The number of piperidine rings is 1. The van der Waals surface area contributed by atoms with E-state index in [1.807, 2.05) is 42.5 Å². The van der Waals surface area contributed by atoms with Crippen LogP contribution in [0.1, 0.15) is 58.9 Å². The van der Waals surface area contributed by atoms with Crippen LogP contribution in [0, 0.1) is 5.92 Å². The van der Waals surface area contributed by atoms with Gasteiger partial charge in [-0.15, -0.1) is 0 Å². The first kappa shape index (κ1) is 23.0. The summed E-state index contributed by atoms with van der Waals surface area (Å²) < 4.78 is 6.01. The van der Waals surface area contributed by atoms with Crippen LogP contribution in [0.25, 0.3) is 11.0 Å². The highest BCUT2D eigenvalue weighted by molar-refractivity contribution is 6.00. The Hall–Kier alpha value is -3.44. The Bertz CT molecular complexity index is 1310. The number of nitrogens with zero attached hydrogens (tertiary/aromatic N) is 2. The van der Waals surface area contributed by atoms with E-state index in [9.17, 15) is 4.79 Å². The van der Waals surface area contributed by atoms with Crippen molar-refractivity contribution in [3.63, 3.8) is 0 Å². The number of rotatable bonds is 7. The minimum atomic E-state index is 0.131. The number of aromatic nitrogens is 2. The third-order valence-electron chi connectivity index (χ3n) is 7.94. The third kappa shape index (κ3) is 4.93. The number of hydrogen-bond donors (Lipinski definition) is 1. The number of para-hydroxylation sites is 2. The Kier molecular flexibility index (Phi) is 6.56. The summed E-state index contributed by atoms with van der Waals surface area (Å²) in [4.78, 5) is 23.7. The first-order chi connectivity index (χ1) is 17.7. The zero-order chi connectivity index (χ0) is 24.3. The van der Waals surface area contributed by atoms with E-state index in [1.165, 1.54) is 18.4 Å². The van der Waals surface area contributed by atoms with Crippen molar-refractivity contribution in [3.8, 4) is 5.75 Å². The second-order valence-electron chi connectivity index (χ2n) is 10.2. The lowest BCUT2D eigenvalue weighted by Crippen LogP contribution is -2.35. The molecular weight excluding hydrogens is 446 g/mol. The van der Waals surface area contributed by atoms with Crippen molar-refractivity contribution >= 4 is 16.8 Å². The van der Waals surface area contributed by atoms with Gasteiger partial charge in [0.05, 0.1) is 11.0 Å². The number of likely N-dealkylation sites (tertiary alicyclic amines) is 1. The molecule has 0 bridgehead atoms. The quantitative estimate of drug-likeness (QED) is 0.345. The molecule has 1 aromatic heterocycles. The molecule has 1 atom stereocenters. The van der Waals surface area contributed by atoms with Crippen LogP contribution in [-0.4, -0.2) is 40.3 Å². The summed E-state index contributed by atoms with van der Waals surface area (Å²) in [7, 11) is 0. The lowest BCUT2D eigenvalue weighted by Gasteiger charge is -2.33. The number of H-pyrrole nitrogens is 1. The molecular formula is C31H33N3O2. The molecule has 4 aromatic rings. The van der Waals surface area contributed by atoms with E-state index in [0.717, 1.165) is 72.6 Å². The topological polar surface area (TPSA) is 58.2 Å². The predicted octanol–water partition coefficient (Wildman–Crippen LogP) is 6.16. The fourth-order valence-electron chi connectivity index (χ4n) is 5.84. The van der Waals surface area contributed by atoms with Gasteiger partial charge in [-0.3, -0.25) is 4.79 Å². The van der Waals surface area contributed by atoms with Crippen LogP contribution < -0.4 is 4.74 Å². The number of carbonyl (C=O) groups is 1. The van der Waals surface area contributed by atoms with Gasteiger partial charge in [0, 0.05) is 11.5 Å². The molecule has 1 saturated heterocycles. The van der Waals surface area contributed by atoms with Crippen molar-refractivity contribution < 1.29 is 9.53 Å².